The van der Waals surface area contributed by atoms with E-state index in [1.54, 1.807) is 10.6 Å². The van der Waals surface area contributed by atoms with Crippen molar-refractivity contribution in [3.05, 3.63) is 101 Å². The molecule has 182 valence electrons. The lowest BCUT2D eigenvalue weighted by molar-refractivity contribution is -0.137. The minimum Gasteiger partial charge on any atom is -0.311 e. The van der Waals surface area contributed by atoms with E-state index in [1.807, 2.05) is 74.8 Å². The molecule has 35 heavy (non-hydrogen) atoms. The number of alkyl halides is 3. The summed E-state index contributed by atoms with van der Waals surface area (Å²) in [7, 11) is 4.05. The van der Waals surface area contributed by atoms with Gasteiger partial charge in [0.2, 0.25) is 0 Å². The summed E-state index contributed by atoms with van der Waals surface area (Å²) < 4.78 is 44.7. The molecule has 0 aliphatic rings. The zero-order valence-corrected chi connectivity index (χ0v) is 21.2. The summed E-state index contributed by atoms with van der Waals surface area (Å²) in [5.41, 5.74) is 3.59. The van der Waals surface area contributed by atoms with E-state index >= 15 is 0 Å². The number of hydrogen-bond acceptors (Lipinski definition) is 2. The largest absolute Gasteiger partial charge is 0.418 e. The second kappa shape index (κ2) is 10.8. The van der Waals surface area contributed by atoms with Gasteiger partial charge in [-0.25, -0.2) is 0 Å². The second-order valence-electron chi connectivity index (χ2n) is 8.64. The maximum Gasteiger partial charge on any atom is 0.418 e. The lowest BCUT2D eigenvalue weighted by Crippen LogP contribution is -2.26. The van der Waals surface area contributed by atoms with Crippen molar-refractivity contribution in [1.29, 1.82) is 0 Å². The molecule has 0 bridgehead atoms. The van der Waals surface area contributed by atoms with Gasteiger partial charge in [-0.2, -0.15) is 13.2 Å². The standard InChI is InChI=1S/C28H27BrF3N3/c1-34(2)17-16-33-19-20-6-5-7-22(18-20)26-15-14-25(21-10-12-23(29)13-11-21)35(26)27-9-4-3-8-24(27)28(30,31)32/h3-15,18,33H,16-17,19H2,1-2H3. The van der Waals surface area contributed by atoms with Crippen molar-refractivity contribution in [2.75, 3.05) is 27.2 Å². The van der Waals surface area contributed by atoms with Crippen LogP contribution in [0.1, 0.15) is 11.1 Å². The molecule has 0 atom stereocenters. The highest BCUT2D eigenvalue weighted by atomic mass is 79.9. The molecule has 0 aliphatic carbocycles. The summed E-state index contributed by atoms with van der Waals surface area (Å²) in [6.45, 7) is 2.45. The van der Waals surface area contributed by atoms with Crippen LogP contribution in [0, 0.1) is 0 Å². The van der Waals surface area contributed by atoms with Crippen molar-refractivity contribution in [2.24, 2.45) is 0 Å². The van der Waals surface area contributed by atoms with Crippen LogP contribution in [0.15, 0.2) is 89.4 Å². The molecule has 0 saturated heterocycles. The topological polar surface area (TPSA) is 20.2 Å². The quantitative estimate of drug-likeness (QED) is 0.237. The molecule has 0 amide bonds. The summed E-state index contributed by atoms with van der Waals surface area (Å²) in [4.78, 5) is 2.11. The normalized spacial score (nSPS) is 11.9. The van der Waals surface area contributed by atoms with Gasteiger partial charge in [0.25, 0.3) is 0 Å². The maximum absolute atomic E-state index is 14.0. The number of benzene rings is 3. The van der Waals surface area contributed by atoms with Gasteiger partial charge in [-0.3, -0.25) is 0 Å². The highest BCUT2D eigenvalue weighted by Gasteiger charge is 2.34. The van der Waals surface area contributed by atoms with Gasteiger partial charge in [0.05, 0.1) is 22.6 Å². The summed E-state index contributed by atoms with van der Waals surface area (Å²) in [6.07, 6.45) is -4.48. The van der Waals surface area contributed by atoms with Crippen LogP contribution in [-0.4, -0.2) is 36.7 Å². The molecular weight excluding hydrogens is 515 g/mol. The third-order valence-electron chi connectivity index (χ3n) is 5.76. The van der Waals surface area contributed by atoms with Crippen LogP contribution in [0.5, 0.6) is 0 Å². The third-order valence-corrected chi connectivity index (χ3v) is 6.29. The summed E-state index contributed by atoms with van der Waals surface area (Å²) >= 11 is 3.44. The first-order valence-corrected chi connectivity index (χ1v) is 12.1. The van der Waals surface area contributed by atoms with E-state index in [9.17, 15) is 13.2 Å². The Morgan fingerprint density at radius 1 is 0.829 bits per heavy atom. The van der Waals surface area contributed by atoms with Crippen LogP contribution in [-0.2, 0) is 12.7 Å². The Bertz CT molecular complexity index is 1280. The molecular formula is C28H27BrF3N3. The minimum atomic E-state index is -4.48. The van der Waals surface area contributed by atoms with Crippen LogP contribution < -0.4 is 5.32 Å². The van der Waals surface area contributed by atoms with Crippen molar-refractivity contribution >= 4 is 15.9 Å². The summed E-state index contributed by atoms with van der Waals surface area (Å²) in [6, 6.07) is 25.1. The molecule has 0 spiro atoms. The Kier molecular flexibility index (Phi) is 7.79. The van der Waals surface area contributed by atoms with Gasteiger partial charge in [-0.05, 0) is 73.3 Å². The molecule has 3 nitrogen and oxygen atoms in total. The zero-order chi connectivity index (χ0) is 25.0. The van der Waals surface area contributed by atoms with Crippen LogP contribution in [0.2, 0.25) is 0 Å². The van der Waals surface area contributed by atoms with E-state index in [0.29, 0.717) is 17.9 Å². The Hall–Kier alpha value is -2.87. The van der Waals surface area contributed by atoms with Crippen LogP contribution in [0.25, 0.3) is 28.2 Å². The number of para-hydroxylation sites is 1. The Balaban J connectivity index is 1.81. The molecule has 4 rings (SSSR count). The third kappa shape index (κ3) is 6.04. The highest BCUT2D eigenvalue weighted by Crippen LogP contribution is 2.39. The monoisotopic (exact) mass is 541 g/mol. The minimum absolute atomic E-state index is 0.104. The molecule has 0 aliphatic heterocycles. The molecule has 7 heteroatoms. The van der Waals surface area contributed by atoms with Crippen LogP contribution in [0.4, 0.5) is 13.2 Å². The van der Waals surface area contributed by atoms with Crippen molar-refractivity contribution in [2.45, 2.75) is 12.7 Å². The lowest BCUT2D eigenvalue weighted by Gasteiger charge is -2.19. The van der Waals surface area contributed by atoms with Gasteiger partial charge in [-0.15, -0.1) is 0 Å². The van der Waals surface area contributed by atoms with Gasteiger partial charge >= 0.3 is 6.18 Å². The molecule has 1 heterocycles. The number of hydrogen-bond donors (Lipinski definition) is 1. The first-order valence-electron chi connectivity index (χ1n) is 11.3. The van der Waals surface area contributed by atoms with Gasteiger partial charge in [-0.1, -0.05) is 58.4 Å². The zero-order valence-electron chi connectivity index (χ0n) is 19.6. The fraction of sp³-hybridized carbons (Fsp3) is 0.214. The Labute approximate surface area is 212 Å². The van der Waals surface area contributed by atoms with E-state index in [1.165, 1.54) is 12.1 Å². The predicted molar refractivity (Wildman–Crippen MR) is 140 cm³/mol. The van der Waals surface area contributed by atoms with Gasteiger partial charge in [0.1, 0.15) is 0 Å². The first kappa shape index (κ1) is 25.2. The van der Waals surface area contributed by atoms with Gasteiger partial charge < -0.3 is 14.8 Å². The predicted octanol–water partition coefficient (Wildman–Crippen LogP) is 7.24. The Morgan fingerprint density at radius 2 is 1.51 bits per heavy atom. The van der Waals surface area contributed by atoms with Crippen molar-refractivity contribution in [3.63, 3.8) is 0 Å². The first-order chi connectivity index (χ1) is 16.7. The van der Waals surface area contributed by atoms with Crippen molar-refractivity contribution in [1.82, 2.24) is 14.8 Å². The molecule has 1 N–H and O–H groups in total. The number of aromatic nitrogens is 1. The van der Waals surface area contributed by atoms with E-state index < -0.39 is 11.7 Å². The number of rotatable bonds is 8. The SMILES string of the molecule is CN(C)CCNCc1cccc(-c2ccc(-c3ccc(Br)cc3)n2-c2ccccc2C(F)(F)F)c1. The van der Waals surface area contributed by atoms with Gasteiger partial charge in [0, 0.05) is 24.1 Å². The molecule has 1 aromatic heterocycles. The number of halogens is 4. The van der Waals surface area contributed by atoms with Crippen molar-refractivity contribution < 1.29 is 13.2 Å². The van der Waals surface area contributed by atoms with Crippen LogP contribution in [0.3, 0.4) is 0 Å². The van der Waals surface area contributed by atoms with E-state index in [0.717, 1.165) is 40.3 Å². The molecule has 0 radical (unpaired) electrons. The summed E-state index contributed by atoms with van der Waals surface area (Å²) in [5, 5.41) is 3.42. The maximum atomic E-state index is 14.0. The molecule has 0 unspecified atom stereocenters. The fourth-order valence-electron chi connectivity index (χ4n) is 4.05. The second-order valence-corrected chi connectivity index (χ2v) is 9.56. The number of nitrogens with zero attached hydrogens (tertiary/aromatic N) is 2. The number of nitrogens with one attached hydrogen (secondary N) is 1. The fourth-order valence-corrected chi connectivity index (χ4v) is 4.32. The number of likely N-dealkylation sites (N-methyl/N-ethyl adjacent to an activating group) is 1. The average Bonchev–Trinajstić information content (AvgIpc) is 3.27. The average molecular weight is 542 g/mol. The van der Waals surface area contributed by atoms with Crippen molar-refractivity contribution in [3.8, 4) is 28.2 Å². The smallest absolute Gasteiger partial charge is 0.311 e. The Morgan fingerprint density at radius 3 is 2.20 bits per heavy atom. The van der Waals surface area contributed by atoms with Crippen LogP contribution >= 0.6 is 15.9 Å². The molecule has 0 saturated carbocycles. The van der Waals surface area contributed by atoms with E-state index in [4.69, 9.17) is 0 Å². The van der Waals surface area contributed by atoms with Gasteiger partial charge in [0.15, 0.2) is 0 Å². The molecule has 4 aromatic rings. The highest BCUT2D eigenvalue weighted by molar-refractivity contribution is 9.10. The molecule has 3 aromatic carbocycles. The van der Waals surface area contributed by atoms with E-state index in [-0.39, 0.29) is 5.69 Å². The molecule has 0 fully saturated rings. The summed E-state index contributed by atoms with van der Waals surface area (Å²) in [5.74, 6) is 0. The van der Waals surface area contributed by atoms with E-state index in [2.05, 4.69) is 26.1 Å². The lowest BCUT2D eigenvalue weighted by atomic mass is 10.1.